The van der Waals surface area contributed by atoms with E-state index >= 15 is 0 Å². The summed E-state index contributed by atoms with van der Waals surface area (Å²) >= 11 is 0. The molecule has 0 aliphatic rings. The first-order valence-electron chi connectivity index (χ1n) is 10.4. The number of aromatic nitrogens is 2. The van der Waals surface area contributed by atoms with Crippen LogP contribution in [0.5, 0.6) is 0 Å². The number of carbonyl (C=O) groups excluding carboxylic acids is 2. The minimum absolute atomic E-state index is 0.125. The Kier molecular flexibility index (Phi) is 8.86. The third kappa shape index (κ3) is 6.15. The maximum atomic E-state index is 13.0. The Morgan fingerprint density at radius 1 is 1.07 bits per heavy atom. The van der Waals surface area contributed by atoms with Crippen LogP contribution >= 0.6 is 0 Å². The zero-order valence-electron chi connectivity index (χ0n) is 18.0. The SMILES string of the molecule is CCCCN(C)CCC(=O)Nc1c(C(=O)N(CC)CC)cnn1-c1ccccc1. The predicted molar refractivity (Wildman–Crippen MR) is 116 cm³/mol. The number of unbranched alkanes of at least 4 members (excludes halogenated alkanes) is 1. The summed E-state index contributed by atoms with van der Waals surface area (Å²) in [5.41, 5.74) is 1.20. The maximum Gasteiger partial charge on any atom is 0.259 e. The van der Waals surface area contributed by atoms with Crippen molar-refractivity contribution in [3.8, 4) is 5.69 Å². The average molecular weight is 400 g/mol. The standard InChI is InChI=1S/C22H33N5O2/c1-5-8-15-25(4)16-14-20(28)24-21-19(22(29)26(6-2)7-3)17-23-27(21)18-12-10-9-11-13-18/h9-13,17H,5-8,14-16H2,1-4H3,(H,24,28). The van der Waals surface area contributed by atoms with Crippen molar-refractivity contribution >= 4 is 17.6 Å². The third-order valence-corrected chi connectivity index (χ3v) is 4.92. The molecule has 0 bridgehead atoms. The van der Waals surface area contributed by atoms with Crippen LogP contribution in [0.25, 0.3) is 5.69 Å². The van der Waals surface area contributed by atoms with Gasteiger partial charge in [-0.1, -0.05) is 31.5 Å². The van der Waals surface area contributed by atoms with Gasteiger partial charge in [0.15, 0.2) is 0 Å². The smallest absolute Gasteiger partial charge is 0.259 e. The molecule has 0 saturated carbocycles. The van der Waals surface area contributed by atoms with Crippen LogP contribution < -0.4 is 5.32 Å². The van der Waals surface area contributed by atoms with Crippen LogP contribution in [-0.4, -0.2) is 64.6 Å². The number of anilines is 1. The van der Waals surface area contributed by atoms with E-state index in [1.54, 1.807) is 9.58 Å². The fraction of sp³-hybridized carbons (Fsp3) is 0.500. The Hall–Kier alpha value is -2.67. The van der Waals surface area contributed by atoms with Crippen molar-refractivity contribution in [2.75, 3.05) is 38.5 Å². The van der Waals surface area contributed by atoms with Crippen LogP contribution in [0.15, 0.2) is 36.5 Å². The second-order valence-corrected chi connectivity index (χ2v) is 7.09. The highest BCUT2D eigenvalue weighted by atomic mass is 16.2. The Bertz CT molecular complexity index is 784. The van der Waals surface area contributed by atoms with Gasteiger partial charge in [0, 0.05) is 26.1 Å². The molecule has 1 heterocycles. The van der Waals surface area contributed by atoms with E-state index in [0.29, 0.717) is 37.4 Å². The van der Waals surface area contributed by atoms with Gasteiger partial charge in [-0.25, -0.2) is 4.68 Å². The fourth-order valence-electron chi connectivity index (χ4n) is 3.10. The predicted octanol–water partition coefficient (Wildman–Crippen LogP) is 3.41. The van der Waals surface area contributed by atoms with Gasteiger partial charge in [-0.15, -0.1) is 0 Å². The molecule has 1 N–H and O–H groups in total. The summed E-state index contributed by atoms with van der Waals surface area (Å²) < 4.78 is 1.62. The molecule has 2 amide bonds. The normalized spacial score (nSPS) is 10.9. The summed E-state index contributed by atoms with van der Waals surface area (Å²) in [5, 5.41) is 7.33. The first kappa shape index (κ1) is 22.6. The van der Waals surface area contributed by atoms with Gasteiger partial charge < -0.3 is 15.1 Å². The monoisotopic (exact) mass is 399 g/mol. The number of rotatable bonds is 11. The zero-order chi connectivity index (χ0) is 21.2. The lowest BCUT2D eigenvalue weighted by Gasteiger charge is -2.19. The van der Waals surface area contributed by atoms with Crippen molar-refractivity contribution < 1.29 is 9.59 Å². The quantitative estimate of drug-likeness (QED) is 0.629. The van der Waals surface area contributed by atoms with Crippen molar-refractivity contribution in [1.82, 2.24) is 19.6 Å². The second-order valence-electron chi connectivity index (χ2n) is 7.09. The second kappa shape index (κ2) is 11.4. The number of para-hydroxylation sites is 1. The van der Waals surface area contributed by atoms with Crippen LogP contribution in [0.4, 0.5) is 5.82 Å². The zero-order valence-corrected chi connectivity index (χ0v) is 18.0. The van der Waals surface area contributed by atoms with Crippen LogP contribution in [0.3, 0.4) is 0 Å². The topological polar surface area (TPSA) is 70.5 Å². The minimum Gasteiger partial charge on any atom is -0.339 e. The molecule has 29 heavy (non-hydrogen) atoms. The van der Waals surface area contributed by atoms with E-state index in [0.717, 1.165) is 25.1 Å². The Morgan fingerprint density at radius 2 is 1.76 bits per heavy atom. The van der Waals surface area contributed by atoms with Gasteiger partial charge in [-0.2, -0.15) is 5.10 Å². The maximum absolute atomic E-state index is 13.0. The molecular formula is C22H33N5O2. The molecule has 7 nitrogen and oxygen atoms in total. The first-order chi connectivity index (χ1) is 14.0. The van der Waals surface area contributed by atoms with E-state index in [1.807, 2.05) is 51.2 Å². The van der Waals surface area contributed by atoms with Crippen LogP contribution in [0.1, 0.15) is 50.4 Å². The van der Waals surface area contributed by atoms with E-state index in [9.17, 15) is 9.59 Å². The number of hydrogen-bond donors (Lipinski definition) is 1. The molecule has 2 aromatic rings. The van der Waals surface area contributed by atoms with Gasteiger partial charge in [0.25, 0.3) is 5.91 Å². The van der Waals surface area contributed by atoms with Gasteiger partial charge in [0.05, 0.1) is 11.9 Å². The van der Waals surface area contributed by atoms with Gasteiger partial charge in [-0.3, -0.25) is 9.59 Å². The summed E-state index contributed by atoms with van der Waals surface area (Å²) in [6.45, 7) is 8.87. The van der Waals surface area contributed by atoms with Gasteiger partial charge >= 0.3 is 0 Å². The molecule has 0 saturated heterocycles. The largest absolute Gasteiger partial charge is 0.339 e. The van der Waals surface area contributed by atoms with E-state index in [2.05, 4.69) is 22.2 Å². The lowest BCUT2D eigenvalue weighted by atomic mass is 10.2. The van der Waals surface area contributed by atoms with Crippen molar-refractivity contribution in [2.24, 2.45) is 0 Å². The molecule has 0 aliphatic carbocycles. The summed E-state index contributed by atoms with van der Waals surface area (Å²) in [7, 11) is 2.02. The third-order valence-electron chi connectivity index (χ3n) is 4.92. The van der Waals surface area contributed by atoms with Crippen LogP contribution in [-0.2, 0) is 4.79 Å². The van der Waals surface area contributed by atoms with Crippen LogP contribution in [0.2, 0.25) is 0 Å². The van der Waals surface area contributed by atoms with Gasteiger partial charge in [-0.05, 0) is 46.0 Å². The summed E-state index contributed by atoms with van der Waals surface area (Å²) in [4.78, 5) is 29.5. The number of carbonyl (C=O) groups is 2. The Balaban J connectivity index is 2.23. The molecule has 7 heteroatoms. The molecule has 0 spiro atoms. The van der Waals surface area contributed by atoms with E-state index < -0.39 is 0 Å². The molecule has 2 rings (SSSR count). The molecule has 158 valence electrons. The molecule has 0 atom stereocenters. The lowest BCUT2D eigenvalue weighted by molar-refractivity contribution is -0.116. The molecule has 0 radical (unpaired) electrons. The average Bonchev–Trinajstić information content (AvgIpc) is 3.15. The van der Waals surface area contributed by atoms with E-state index in [4.69, 9.17) is 0 Å². The fourth-order valence-corrected chi connectivity index (χ4v) is 3.10. The highest BCUT2D eigenvalue weighted by molar-refractivity contribution is 6.03. The Morgan fingerprint density at radius 3 is 2.38 bits per heavy atom. The Labute approximate surface area is 173 Å². The first-order valence-corrected chi connectivity index (χ1v) is 10.4. The number of nitrogens with one attached hydrogen (secondary N) is 1. The molecule has 1 aromatic heterocycles. The highest BCUT2D eigenvalue weighted by Gasteiger charge is 2.23. The molecule has 0 fully saturated rings. The van der Waals surface area contributed by atoms with E-state index in [-0.39, 0.29) is 11.8 Å². The van der Waals surface area contributed by atoms with Crippen LogP contribution in [0, 0.1) is 0 Å². The minimum atomic E-state index is -0.132. The number of amides is 2. The number of hydrogen-bond acceptors (Lipinski definition) is 4. The summed E-state index contributed by atoms with van der Waals surface area (Å²) in [6.07, 6.45) is 4.14. The van der Waals surface area contributed by atoms with Gasteiger partial charge in [0.2, 0.25) is 5.91 Å². The molecule has 0 unspecified atom stereocenters. The number of benzene rings is 1. The highest BCUT2D eigenvalue weighted by Crippen LogP contribution is 2.22. The molecule has 1 aromatic carbocycles. The van der Waals surface area contributed by atoms with Crippen molar-refractivity contribution in [2.45, 2.75) is 40.0 Å². The van der Waals surface area contributed by atoms with Crippen molar-refractivity contribution in [3.05, 3.63) is 42.1 Å². The summed E-state index contributed by atoms with van der Waals surface area (Å²) in [5.74, 6) is 0.168. The van der Waals surface area contributed by atoms with E-state index in [1.165, 1.54) is 6.20 Å². The molecule has 0 aliphatic heterocycles. The number of nitrogens with zero attached hydrogens (tertiary/aromatic N) is 4. The summed E-state index contributed by atoms with van der Waals surface area (Å²) in [6, 6.07) is 9.51. The van der Waals surface area contributed by atoms with Crippen molar-refractivity contribution in [3.63, 3.8) is 0 Å². The van der Waals surface area contributed by atoms with Gasteiger partial charge in [0.1, 0.15) is 11.4 Å². The lowest BCUT2D eigenvalue weighted by Crippen LogP contribution is -2.31. The van der Waals surface area contributed by atoms with Crippen molar-refractivity contribution in [1.29, 1.82) is 0 Å². The molecular weight excluding hydrogens is 366 g/mol.